The van der Waals surface area contributed by atoms with Crippen LogP contribution in [0.5, 0.6) is 0 Å². The molecular formula is C22H33Cl2GeHf. The zero-order valence-corrected chi connectivity index (χ0v) is 24.4. The Bertz CT molecular complexity index is 714. The van der Waals surface area contributed by atoms with Gasteiger partial charge < -0.3 is 0 Å². The van der Waals surface area contributed by atoms with Gasteiger partial charge in [0, 0.05) is 0 Å². The molecule has 143 valence electrons. The maximum atomic E-state index is 7.19. The average Bonchev–Trinajstić information content (AvgIpc) is 3.14. The second kappa shape index (κ2) is 8.07. The van der Waals surface area contributed by atoms with Crippen molar-refractivity contribution in [3.05, 3.63) is 34.9 Å². The van der Waals surface area contributed by atoms with E-state index >= 15 is 0 Å². The van der Waals surface area contributed by atoms with E-state index in [-0.39, 0.29) is 8.59 Å². The van der Waals surface area contributed by atoms with Crippen LogP contribution in [-0.4, -0.2) is 18.3 Å². The molecule has 0 N–H and O–H groups in total. The second-order valence-corrected chi connectivity index (χ2v) is 26.5. The number of rotatable bonds is 3. The summed E-state index contributed by atoms with van der Waals surface area (Å²) in [7, 11) is 14.4. The normalized spacial score (nSPS) is 36.9. The van der Waals surface area contributed by atoms with Crippen molar-refractivity contribution in [1.29, 1.82) is 0 Å². The van der Waals surface area contributed by atoms with E-state index in [1.54, 1.807) is 16.7 Å². The molecule has 3 rings (SSSR count). The Hall–Kier alpha value is 1.08. The first kappa shape index (κ1) is 21.8. The Morgan fingerprint density at radius 1 is 1.27 bits per heavy atom. The molecule has 0 amide bonds. The topological polar surface area (TPSA) is 0 Å². The van der Waals surface area contributed by atoms with Crippen LogP contribution in [0.3, 0.4) is 0 Å². The van der Waals surface area contributed by atoms with Crippen molar-refractivity contribution in [2.75, 3.05) is 0 Å². The minimum atomic E-state index is -2.88. The SMILES string of the molecule is CCC1(C)[C](=[Ge]([CH3])[CH3])C2=C(CCCC(C)C2C)[C]1(C1=CC=CC1)[Hf]([Cl])[Cl]. The van der Waals surface area contributed by atoms with Gasteiger partial charge in [0.1, 0.15) is 0 Å². The standard InChI is InChI=1S/C22H33Ge.2ClH.Hf/c1-7-22(4)20(17-12-8-9-13-17)18-14-10-11-15(2)16(3)19(18)21(22)23(5)6;;;/h8-9,12,15-16H,7,10-11,13-14H2,1-6H3;2*1H;/q;;;+2/p-2. The van der Waals surface area contributed by atoms with Crippen LogP contribution in [-0.2, 0) is 19.1 Å². The van der Waals surface area contributed by atoms with Gasteiger partial charge >= 0.3 is 181 Å². The van der Waals surface area contributed by atoms with Crippen LogP contribution < -0.4 is 0 Å². The molecule has 3 aliphatic rings. The van der Waals surface area contributed by atoms with Crippen LogP contribution in [0.15, 0.2) is 34.9 Å². The van der Waals surface area contributed by atoms with Gasteiger partial charge in [-0.15, -0.1) is 0 Å². The van der Waals surface area contributed by atoms with E-state index in [0.717, 1.165) is 12.3 Å². The molecule has 0 aliphatic heterocycles. The number of allylic oxidation sites excluding steroid dienone is 6. The summed E-state index contributed by atoms with van der Waals surface area (Å²) in [5, 5.41) is 0. The van der Waals surface area contributed by atoms with Gasteiger partial charge in [0.25, 0.3) is 0 Å². The van der Waals surface area contributed by atoms with E-state index in [1.807, 2.05) is 4.35 Å². The van der Waals surface area contributed by atoms with Crippen molar-refractivity contribution >= 4 is 35.4 Å². The van der Waals surface area contributed by atoms with Crippen molar-refractivity contribution in [2.45, 2.75) is 74.5 Å². The Balaban J connectivity index is 2.40. The van der Waals surface area contributed by atoms with Crippen molar-refractivity contribution in [3.63, 3.8) is 0 Å². The van der Waals surface area contributed by atoms with Gasteiger partial charge in [-0.2, -0.15) is 0 Å². The van der Waals surface area contributed by atoms with Gasteiger partial charge in [-0.25, -0.2) is 0 Å². The zero-order valence-electron chi connectivity index (χ0n) is 17.2. The molecule has 0 aromatic rings. The van der Waals surface area contributed by atoms with Gasteiger partial charge in [0.15, 0.2) is 0 Å². The maximum absolute atomic E-state index is 7.19. The molecule has 4 heteroatoms. The van der Waals surface area contributed by atoms with Crippen LogP contribution in [0.25, 0.3) is 0 Å². The van der Waals surface area contributed by atoms with E-state index in [2.05, 4.69) is 57.4 Å². The summed E-state index contributed by atoms with van der Waals surface area (Å²) in [6.07, 6.45) is 13.0. The van der Waals surface area contributed by atoms with Crippen LogP contribution in [0.2, 0.25) is 14.7 Å². The van der Waals surface area contributed by atoms with Gasteiger partial charge in [-0.1, -0.05) is 0 Å². The quantitative estimate of drug-likeness (QED) is 0.285. The summed E-state index contributed by atoms with van der Waals surface area (Å²) in [4.78, 5) is 0. The summed E-state index contributed by atoms with van der Waals surface area (Å²) in [6.45, 7) is 9.89. The molecule has 0 bridgehead atoms. The van der Waals surface area contributed by atoms with E-state index in [0.29, 0.717) is 5.92 Å². The second-order valence-electron chi connectivity index (χ2n) is 8.95. The molecule has 0 spiro atoms. The van der Waals surface area contributed by atoms with Crippen LogP contribution in [0.1, 0.15) is 59.8 Å². The first-order valence-electron chi connectivity index (χ1n) is 10.2. The molecule has 26 heavy (non-hydrogen) atoms. The fourth-order valence-corrected chi connectivity index (χ4v) is 25.2. The molecule has 4 atom stereocenters. The molecule has 0 aromatic heterocycles. The van der Waals surface area contributed by atoms with E-state index < -0.39 is 33.0 Å². The van der Waals surface area contributed by atoms with Crippen molar-refractivity contribution in [3.8, 4) is 0 Å². The summed E-state index contributed by atoms with van der Waals surface area (Å²) in [5.74, 6) is 6.54. The fraction of sp³-hybridized carbons (Fsp3) is 0.682. The summed E-state index contributed by atoms with van der Waals surface area (Å²) in [6, 6.07) is 0. The summed E-state index contributed by atoms with van der Waals surface area (Å²) < 4.78 is 1.86. The molecule has 0 saturated heterocycles. The van der Waals surface area contributed by atoms with Crippen LogP contribution in [0.4, 0.5) is 0 Å². The molecular weight excluding hydrogens is 586 g/mol. The van der Waals surface area contributed by atoms with E-state index in [1.165, 1.54) is 25.7 Å². The molecule has 4 unspecified atom stereocenters. The number of hydrogen-bond acceptors (Lipinski definition) is 0. The fourth-order valence-electron chi connectivity index (χ4n) is 6.11. The molecule has 0 radical (unpaired) electrons. The Morgan fingerprint density at radius 3 is 2.46 bits per heavy atom. The molecule has 0 fully saturated rings. The third-order valence-electron chi connectivity index (χ3n) is 7.57. The number of halogens is 2. The van der Waals surface area contributed by atoms with Gasteiger partial charge in [-0.05, 0) is 0 Å². The Kier molecular flexibility index (Phi) is 6.76. The first-order valence-corrected chi connectivity index (χ1v) is 26.1. The van der Waals surface area contributed by atoms with E-state index in [9.17, 15) is 0 Å². The third-order valence-corrected chi connectivity index (χ3v) is 22.3. The van der Waals surface area contributed by atoms with Crippen LogP contribution >= 0.6 is 17.2 Å². The van der Waals surface area contributed by atoms with Gasteiger partial charge in [-0.3, -0.25) is 0 Å². The summed E-state index contributed by atoms with van der Waals surface area (Å²) in [5.41, 5.74) is 5.18. The summed E-state index contributed by atoms with van der Waals surface area (Å²) >= 11 is -4.17. The molecule has 0 saturated carbocycles. The Labute approximate surface area is 179 Å². The molecule has 3 aliphatic carbocycles. The molecule has 0 nitrogen and oxygen atoms in total. The average molecular weight is 620 g/mol. The first-order chi connectivity index (χ1) is 12.2. The zero-order chi connectivity index (χ0) is 19.3. The van der Waals surface area contributed by atoms with Crippen molar-refractivity contribution < 1.29 is 19.1 Å². The van der Waals surface area contributed by atoms with E-state index in [4.69, 9.17) is 17.2 Å². The van der Waals surface area contributed by atoms with Gasteiger partial charge in [0.05, 0.1) is 0 Å². The number of hydrogen-bond donors (Lipinski definition) is 0. The minimum absolute atomic E-state index is 0.00623. The van der Waals surface area contributed by atoms with Crippen molar-refractivity contribution in [2.24, 2.45) is 17.3 Å². The van der Waals surface area contributed by atoms with Gasteiger partial charge in [0.2, 0.25) is 0 Å². The molecule has 0 aromatic carbocycles. The Morgan fingerprint density at radius 2 is 1.96 bits per heavy atom. The predicted molar refractivity (Wildman–Crippen MR) is 116 cm³/mol. The monoisotopic (exact) mass is 621 g/mol. The molecule has 0 heterocycles. The third kappa shape index (κ3) is 2.96. The predicted octanol–water partition coefficient (Wildman–Crippen LogP) is 7.65. The van der Waals surface area contributed by atoms with Crippen molar-refractivity contribution in [1.82, 2.24) is 0 Å². The van der Waals surface area contributed by atoms with Crippen LogP contribution in [0, 0.1) is 17.3 Å².